The van der Waals surface area contributed by atoms with Crippen LogP contribution < -0.4 is 18.3 Å². The molecule has 12 rings (SSSR count). The van der Waals surface area contributed by atoms with Gasteiger partial charge in [0.2, 0.25) is 69.9 Å². The highest BCUT2D eigenvalue weighted by Crippen LogP contribution is 2.29. The van der Waals surface area contributed by atoms with Gasteiger partial charge in [-0.25, -0.2) is 19.9 Å². The Labute approximate surface area is 450 Å². The Morgan fingerprint density at radius 2 is 0.671 bits per heavy atom. The van der Waals surface area contributed by atoms with Gasteiger partial charge in [0.1, 0.15) is 50.3 Å². The molecule has 0 spiro atoms. The second-order valence-corrected chi connectivity index (χ2v) is 19.7. The molecule has 0 aliphatic rings. The van der Waals surface area contributed by atoms with Crippen molar-refractivity contribution in [2.75, 3.05) is 0 Å². The number of fused-ring (bicyclic) bond motifs is 4. The molecule has 8 heterocycles. The van der Waals surface area contributed by atoms with E-state index in [1.807, 2.05) is 102 Å². The predicted octanol–water partition coefficient (Wildman–Crippen LogP) is 13.4. The van der Waals surface area contributed by atoms with Gasteiger partial charge in [-0.3, -0.25) is 0 Å². The highest BCUT2D eigenvalue weighted by Gasteiger charge is 2.22. The molecule has 0 bridgehead atoms. The minimum Gasteiger partial charge on any atom is -0.435 e. The average Bonchev–Trinajstić information content (AvgIpc) is 4.32. The molecule has 12 nitrogen and oxygen atoms in total. The minimum atomic E-state index is -2.52. The van der Waals surface area contributed by atoms with Crippen LogP contribution in [0.5, 0.6) is 0 Å². The Balaban J connectivity index is 0.000000130. The zero-order valence-corrected chi connectivity index (χ0v) is 45.6. The zero-order chi connectivity index (χ0) is 57.4. The number of rotatable bonds is 6. The maximum Gasteiger partial charge on any atom is 0.218 e. The predicted molar refractivity (Wildman–Crippen MR) is 299 cm³/mol. The molecule has 1 atom stereocenters. The van der Waals surface area contributed by atoms with E-state index in [1.54, 1.807) is 6.20 Å². The molecule has 12 heteroatoms. The molecule has 76 heavy (non-hydrogen) atoms. The topological polar surface area (TPSA) is 120 Å². The van der Waals surface area contributed by atoms with Gasteiger partial charge in [-0.2, -0.15) is 18.3 Å². The van der Waals surface area contributed by atoms with Gasteiger partial charge in [0.15, 0.2) is 23.6 Å². The number of aryl methyl sites for hydroxylation is 10. The van der Waals surface area contributed by atoms with Crippen molar-refractivity contribution in [3.63, 3.8) is 0 Å². The number of pyridine rings is 4. The molecule has 0 saturated carbocycles. The van der Waals surface area contributed by atoms with Gasteiger partial charge < -0.3 is 17.7 Å². The van der Waals surface area contributed by atoms with Crippen LogP contribution in [0.15, 0.2) is 164 Å². The summed E-state index contributed by atoms with van der Waals surface area (Å²) in [6, 6.07) is 41.2. The van der Waals surface area contributed by atoms with E-state index in [0.29, 0.717) is 28.8 Å². The maximum atomic E-state index is 8.13. The second-order valence-electron chi connectivity index (χ2n) is 19.7. The molecule has 0 aliphatic heterocycles. The normalized spacial score (nSPS) is 13.0. The van der Waals surface area contributed by atoms with E-state index < -0.39 is 12.7 Å². The van der Waals surface area contributed by atoms with E-state index >= 15 is 0 Å². The summed E-state index contributed by atoms with van der Waals surface area (Å²) in [6.45, 7) is 15.1. The van der Waals surface area contributed by atoms with E-state index in [9.17, 15) is 0 Å². The van der Waals surface area contributed by atoms with Crippen molar-refractivity contribution in [1.29, 1.82) is 0 Å². The van der Waals surface area contributed by atoms with E-state index in [1.165, 1.54) is 40.3 Å². The van der Waals surface area contributed by atoms with Crippen LogP contribution >= 0.6 is 0 Å². The molecule has 12 aromatic rings. The lowest BCUT2D eigenvalue weighted by molar-refractivity contribution is -0.659. The van der Waals surface area contributed by atoms with Crippen LogP contribution in [0.4, 0.5) is 0 Å². The summed E-state index contributed by atoms with van der Waals surface area (Å²) in [4.78, 5) is 17.6. The van der Waals surface area contributed by atoms with Gasteiger partial charge in [0.05, 0.1) is 0 Å². The van der Waals surface area contributed by atoms with E-state index in [0.717, 1.165) is 73.1 Å². The summed E-state index contributed by atoms with van der Waals surface area (Å²) in [5.41, 5.74) is 20.3. The van der Waals surface area contributed by atoms with Crippen molar-refractivity contribution in [1.82, 2.24) is 19.9 Å². The zero-order valence-electron chi connectivity index (χ0n) is 49.6. The van der Waals surface area contributed by atoms with Crippen molar-refractivity contribution in [2.24, 2.45) is 28.2 Å². The van der Waals surface area contributed by atoms with Crippen LogP contribution in [0.1, 0.15) is 90.7 Å². The third-order valence-corrected chi connectivity index (χ3v) is 13.3. The fourth-order valence-electron chi connectivity index (χ4n) is 9.23. The molecule has 0 radical (unpaired) electrons. The van der Waals surface area contributed by atoms with Gasteiger partial charge in [-0.15, -0.1) is 0 Å². The van der Waals surface area contributed by atoms with Crippen molar-refractivity contribution in [3.8, 4) is 45.0 Å². The number of oxazole rings is 4. The van der Waals surface area contributed by atoms with Crippen molar-refractivity contribution in [3.05, 3.63) is 192 Å². The number of hydrogen-bond acceptors (Lipinski definition) is 8. The fraction of sp³-hybridized carbons (Fsp3) is 0.250. The first-order chi connectivity index (χ1) is 38.0. The third-order valence-electron chi connectivity index (χ3n) is 13.3. The largest absolute Gasteiger partial charge is 0.435 e. The average molecular weight is 1020 g/mol. The van der Waals surface area contributed by atoms with Gasteiger partial charge in [-0.1, -0.05) is 100 Å². The fourth-order valence-corrected chi connectivity index (χ4v) is 9.23. The number of hydrogen-bond donors (Lipinski definition) is 0. The first kappa shape index (κ1) is 47.1. The maximum absolute atomic E-state index is 8.13. The van der Waals surface area contributed by atoms with Crippen molar-refractivity contribution >= 4 is 44.4 Å². The Morgan fingerprint density at radius 3 is 0.974 bits per heavy atom. The molecular formula is C64H68N8O4+4. The van der Waals surface area contributed by atoms with Crippen LogP contribution in [0.25, 0.3) is 89.4 Å². The van der Waals surface area contributed by atoms with Gasteiger partial charge in [-0.05, 0) is 74.2 Å². The Kier molecular flexibility index (Phi) is 13.7. The first-order valence-corrected chi connectivity index (χ1v) is 25.4. The summed E-state index contributed by atoms with van der Waals surface area (Å²) >= 11 is 0. The number of nitrogens with zero attached hydrogens (tertiary/aromatic N) is 8. The lowest BCUT2D eigenvalue weighted by atomic mass is 10.0. The van der Waals surface area contributed by atoms with Gasteiger partial charge >= 0.3 is 0 Å². The minimum absolute atomic E-state index is 0.0977. The summed E-state index contributed by atoms with van der Waals surface area (Å²) in [6.07, 6.45) is 7.74. The molecule has 1 unspecified atom stereocenters. The summed E-state index contributed by atoms with van der Waals surface area (Å²) in [5.74, 6) is 0.503. The van der Waals surface area contributed by atoms with Crippen LogP contribution in [-0.4, -0.2) is 19.9 Å². The second kappa shape index (κ2) is 22.1. The van der Waals surface area contributed by atoms with Crippen LogP contribution in [0, 0.1) is 41.5 Å². The quantitative estimate of drug-likeness (QED) is 0.151. The monoisotopic (exact) mass is 1020 g/mol. The molecule has 0 N–H and O–H groups in total. The van der Waals surface area contributed by atoms with Crippen LogP contribution in [-0.2, 0) is 28.2 Å². The highest BCUT2D eigenvalue weighted by atomic mass is 16.4. The molecule has 0 saturated heterocycles. The smallest absolute Gasteiger partial charge is 0.218 e. The third kappa shape index (κ3) is 11.2. The van der Waals surface area contributed by atoms with E-state index in [2.05, 4.69) is 159 Å². The highest BCUT2D eigenvalue weighted by molar-refractivity contribution is 5.79. The summed E-state index contributed by atoms with van der Waals surface area (Å²) in [5, 5.41) is 0. The molecule has 0 fully saturated rings. The van der Waals surface area contributed by atoms with Crippen molar-refractivity contribution < 1.29 is 41.4 Å². The van der Waals surface area contributed by atoms with E-state index in [-0.39, 0.29) is 5.89 Å². The lowest BCUT2D eigenvalue weighted by Gasteiger charge is -2.03. The molecule has 0 amide bonds. The van der Waals surface area contributed by atoms with Crippen molar-refractivity contribution in [2.45, 2.75) is 81.0 Å². The Bertz CT molecular complexity index is 4100. The number of benzene rings is 4. The van der Waals surface area contributed by atoms with Crippen LogP contribution in [0.3, 0.4) is 0 Å². The van der Waals surface area contributed by atoms with Gasteiger partial charge in [0.25, 0.3) is 0 Å². The Morgan fingerprint density at radius 1 is 0.395 bits per heavy atom. The molecule has 4 aromatic carbocycles. The van der Waals surface area contributed by atoms with E-state index in [4.69, 9.17) is 23.2 Å². The molecule has 0 aliphatic carbocycles. The summed E-state index contributed by atoms with van der Waals surface area (Å²) < 4.78 is 61.4. The molecule has 384 valence electrons. The lowest BCUT2D eigenvalue weighted by Crippen LogP contribution is -2.30. The summed E-state index contributed by atoms with van der Waals surface area (Å²) in [7, 11) is 7.99. The molecule has 8 aromatic heterocycles. The van der Waals surface area contributed by atoms with Gasteiger partial charge in [0, 0.05) is 77.7 Å². The number of aromatic nitrogens is 8. The van der Waals surface area contributed by atoms with Crippen LogP contribution in [0.2, 0.25) is 0 Å². The molecular weight excluding hydrogens is 945 g/mol. The Hall–Kier alpha value is -8.64. The SMILES string of the molecule is Cc1ccccc1-c1cc2nc(C(C)C)oc2c[n+]1C.Cc1nc2cc(-c3ccccc3C)[n+](C)cc2o1.Cc1nc2cc(-c3ccccc3C)[n+](C)cc2o1.[2H]C([2H])([2H])C([2H])(C)c1nc2cc(-c3ccccc3C)[n+](C)cc2o1. The standard InChI is InChI=1S/2C17H19N2O.2C15H15N2O/c2*1-11(2)17-18-14-9-15(19(4)10-16(14)20-17)13-8-6-5-7-12(13)3;2*1-10-6-4-5-7-12(10)14-8-13-15(9-17(14)3)18-11(2)16-13/h2*5-11H,1-4H3;2*4-9H,1-3H3/q4*+1/i1D3,11D;;;. The first-order valence-electron chi connectivity index (χ1n) is 27.4.